The summed E-state index contributed by atoms with van der Waals surface area (Å²) in [4.78, 5) is 16.5. The molecule has 0 saturated heterocycles. The quantitative estimate of drug-likeness (QED) is 0.816. The molecule has 3 rings (SSSR count). The van der Waals surface area contributed by atoms with Gasteiger partial charge in [0.15, 0.2) is 0 Å². The molecule has 21 heavy (non-hydrogen) atoms. The Kier molecular flexibility index (Phi) is 4.34. The number of fused-ring (bicyclic) bond motifs is 1. The first kappa shape index (κ1) is 13.9. The number of para-hydroxylation sites is 1. The highest BCUT2D eigenvalue weighted by Gasteiger charge is 2.15. The van der Waals surface area contributed by atoms with E-state index in [0.29, 0.717) is 6.04 Å². The molecular formula is C17H21N3O. The molecule has 0 unspecified atom stereocenters. The number of benzene rings is 1. The Bertz CT molecular complexity index is 613. The molecule has 0 aliphatic heterocycles. The molecule has 0 spiro atoms. The minimum absolute atomic E-state index is 0.125. The summed E-state index contributed by atoms with van der Waals surface area (Å²) in [7, 11) is 0. The van der Waals surface area contributed by atoms with E-state index in [1.807, 2.05) is 30.3 Å². The zero-order valence-electron chi connectivity index (χ0n) is 12.1. The number of aromatic nitrogens is 1. The Hall–Kier alpha value is -2.10. The Morgan fingerprint density at radius 3 is 2.62 bits per heavy atom. The SMILES string of the molecule is O=C(Nc1cccc2cccnc12)NC1CCCCCC1. The number of pyridine rings is 1. The van der Waals surface area contributed by atoms with Crippen LogP contribution in [0.2, 0.25) is 0 Å². The van der Waals surface area contributed by atoms with Crippen molar-refractivity contribution in [3.63, 3.8) is 0 Å². The smallest absolute Gasteiger partial charge is 0.319 e. The third kappa shape index (κ3) is 3.51. The minimum Gasteiger partial charge on any atom is -0.335 e. The van der Waals surface area contributed by atoms with Crippen molar-refractivity contribution in [2.75, 3.05) is 5.32 Å². The summed E-state index contributed by atoms with van der Waals surface area (Å²) < 4.78 is 0. The molecule has 110 valence electrons. The number of amides is 2. The summed E-state index contributed by atoms with van der Waals surface area (Å²) in [5, 5.41) is 7.07. The van der Waals surface area contributed by atoms with Gasteiger partial charge in [0.05, 0.1) is 11.2 Å². The largest absolute Gasteiger partial charge is 0.335 e. The molecule has 2 N–H and O–H groups in total. The van der Waals surface area contributed by atoms with Crippen molar-refractivity contribution in [3.8, 4) is 0 Å². The van der Waals surface area contributed by atoms with Crippen molar-refractivity contribution in [2.24, 2.45) is 0 Å². The van der Waals surface area contributed by atoms with Gasteiger partial charge >= 0.3 is 6.03 Å². The van der Waals surface area contributed by atoms with Gasteiger partial charge in [-0.05, 0) is 25.0 Å². The van der Waals surface area contributed by atoms with Crippen LogP contribution in [0.25, 0.3) is 10.9 Å². The van der Waals surface area contributed by atoms with Crippen molar-refractivity contribution >= 4 is 22.6 Å². The van der Waals surface area contributed by atoms with Crippen LogP contribution < -0.4 is 10.6 Å². The number of urea groups is 1. The molecular weight excluding hydrogens is 262 g/mol. The number of carbonyl (C=O) groups is 1. The fraction of sp³-hybridized carbons (Fsp3) is 0.412. The number of anilines is 1. The average Bonchev–Trinajstić information content (AvgIpc) is 2.76. The van der Waals surface area contributed by atoms with Gasteiger partial charge in [0.25, 0.3) is 0 Å². The molecule has 1 fully saturated rings. The third-order valence-corrected chi connectivity index (χ3v) is 4.07. The number of hydrogen-bond acceptors (Lipinski definition) is 2. The van der Waals surface area contributed by atoms with E-state index in [0.717, 1.165) is 29.4 Å². The van der Waals surface area contributed by atoms with Crippen LogP contribution in [0, 0.1) is 0 Å². The Balaban J connectivity index is 1.68. The lowest BCUT2D eigenvalue weighted by atomic mass is 10.1. The normalized spacial score (nSPS) is 16.4. The van der Waals surface area contributed by atoms with Gasteiger partial charge in [-0.25, -0.2) is 4.79 Å². The topological polar surface area (TPSA) is 54.0 Å². The summed E-state index contributed by atoms with van der Waals surface area (Å²) >= 11 is 0. The Labute approximate surface area is 125 Å². The van der Waals surface area contributed by atoms with E-state index in [4.69, 9.17) is 0 Å². The lowest BCUT2D eigenvalue weighted by Gasteiger charge is -2.17. The molecule has 1 heterocycles. The van der Waals surface area contributed by atoms with Gasteiger partial charge < -0.3 is 10.6 Å². The summed E-state index contributed by atoms with van der Waals surface area (Å²) in [6, 6.07) is 9.90. The first-order chi connectivity index (χ1) is 10.3. The standard InChI is InChI=1S/C17H21N3O/c21-17(19-14-9-3-1-2-4-10-14)20-15-11-5-7-13-8-6-12-18-16(13)15/h5-8,11-12,14H,1-4,9-10H2,(H2,19,20,21). The van der Waals surface area contributed by atoms with Crippen LogP contribution in [0.4, 0.5) is 10.5 Å². The number of nitrogens with one attached hydrogen (secondary N) is 2. The fourth-order valence-electron chi connectivity index (χ4n) is 2.97. The number of rotatable bonds is 2. The van der Waals surface area contributed by atoms with Gasteiger partial charge in [0.2, 0.25) is 0 Å². The maximum absolute atomic E-state index is 12.2. The van der Waals surface area contributed by atoms with Crippen LogP contribution in [0.5, 0.6) is 0 Å². The van der Waals surface area contributed by atoms with Gasteiger partial charge in [0, 0.05) is 17.6 Å². The number of carbonyl (C=O) groups excluding carboxylic acids is 1. The zero-order valence-corrected chi connectivity index (χ0v) is 12.1. The maximum Gasteiger partial charge on any atom is 0.319 e. The van der Waals surface area contributed by atoms with E-state index >= 15 is 0 Å². The average molecular weight is 283 g/mol. The lowest BCUT2D eigenvalue weighted by Crippen LogP contribution is -2.37. The van der Waals surface area contributed by atoms with Crippen LogP contribution in [-0.2, 0) is 0 Å². The number of hydrogen-bond donors (Lipinski definition) is 2. The first-order valence-electron chi connectivity index (χ1n) is 7.74. The maximum atomic E-state index is 12.2. The predicted octanol–water partition coefficient (Wildman–Crippen LogP) is 4.08. The monoisotopic (exact) mass is 283 g/mol. The van der Waals surface area contributed by atoms with Gasteiger partial charge in [-0.2, -0.15) is 0 Å². The molecule has 4 heteroatoms. The summed E-state index contributed by atoms with van der Waals surface area (Å²) in [6.07, 6.45) is 8.90. The van der Waals surface area contributed by atoms with Crippen molar-refractivity contribution in [1.29, 1.82) is 0 Å². The summed E-state index contributed by atoms with van der Waals surface area (Å²) in [6.45, 7) is 0. The van der Waals surface area contributed by atoms with Crippen LogP contribution in [0.1, 0.15) is 38.5 Å². The molecule has 2 amide bonds. The first-order valence-corrected chi connectivity index (χ1v) is 7.74. The molecule has 4 nitrogen and oxygen atoms in total. The van der Waals surface area contributed by atoms with Gasteiger partial charge in [0.1, 0.15) is 0 Å². The van der Waals surface area contributed by atoms with E-state index in [1.54, 1.807) is 6.20 Å². The van der Waals surface area contributed by atoms with Crippen molar-refractivity contribution < 1.29 is 4.79 Å². The molecule has 1 aliphatic rings. The van der Waals surface area contributed by atoms with Gasteiger partial charge in [-0.15, -0.1) is 0 Å². The second-order valence-corrected chi connectivity index (χ2v) is 5.67. The van der Waals surface area contributed by atoms with Gasteiger partial charge in [-0.3, -0.25) is 4.98 Å². The summed E-state index contributed by atoms with van der Waals surface area (Å²) in [5.41, 5.74) is 1.59. The molecule has 0 radical (unpaired) electrons. The molecule has 2 aromatic rings. The molecule has 0 atom stereocenters. The fourth-order valence-corrected chi connectivity index (χ4v) is 2.97. The van der Waals surface area contributed by atoms with E-state index in [9.17, 15) is 4.79 Å². The van der Waals surface area contributed by atoms with Crippen LogP contribution in [-0.4, -0.2) is 17.1 Å². The van der Waals surface area contributed by atoms with Crippen LogP contribution >= 0.6 is 0 Å². The number of nitrogens with zero attached hydrogens (tertiary/aromatic N) is 1. The van der Waals surface area contributed by atoms with Crippen molar-refractivity contribution in [3.05, 3.63) is 36.5 Å². The van der Waals surface area contributed by atoms with Crippen molar-refractivity contribution in [2.45, 2.75) is 44.6 Å². The highest BCUT2D eigenvalue weighted by molar-refractivity contribution is 5.99. The molecule has 0 bridgehead atoms. The van der Waals surface area contributed by atoms with E-state index in [-0.39, 0.29) is 6.03 Å². The van der Waals surface area contributed by atoms with Crippen LogP contribution in [0.3, 0.4) is 0 Å². The predicted molar refractivity (Wildman–Crippen MR) is 85.4 cm³/mol. The molecule has 1 aromatic heterocycles. The van der Waals surface area contributed by atoms with Crippen molar-refractivity contribution in [1.82, 2.24) is 10.3 Å². The zero-order chi connectivity index (χ0) is 14.5. The van der Waals surface area contributed by atoms with E-state index < -0.39 is 0 Å². The summed E-state index contributed by atoms with van der Waals surface area (Å²) in [5.74, 6) is 0. The second kappa shape index (κ2) is 6.57. The highest BCUT2D eigenvalue weighted by Crippen LogP contribution is 2.21. The Morgan fingerprint density at radius 1 is 1.05 bits per heavy atom. The van der Waals surface area contributed by atoms with E-state index in [1.165, 1.54) is 25.7 Å². The van der Waals surface area contributed by atoms with E-state index in [2.05, 4.69) is 15.6 Å². The lowest BCUT2D eigenvalue weighted by molar-refractivity contribution is 0.247. The van der Waals surface area contributed by atoms with Crippen LogP contribution in [0.15, 0.2) is 36.5 Å². The Morgan fingerprint density at radius 2 is 1.81 bits per heavy atom. The molecule has 1 aliphatic carbocycles. The second-order valence-electron chi connectivity index (χ2n) is 5.67. The highest BCUT2D eigenvalue weighted by atomic mass is 16.2. The third-order valence-electron chi connectivity index (χ3n) is 4.07. The molecule has 1 saturated carbocycles. The van der Waals surface area contributed by atoms with Gasteiger partial charge in [-0.1, -0.05) is 43.9 Å². The molecule has 1 aromatic carbocycles. The minimum atomic E-state index is -0.125.